The fourth-order valence-corrected chi connectivity index (χ4v) is 1.32. The van der Waals surface area contributed by atoms with Gasteiger partial charge in [0.05, 0.1) is 0 Å². The van der Waals surface area contributed by atoms with Gasteiger partial charge in [-0.2, -0.15) is 5.10 Å². The lowest BCUT2D eigenvalue weighted by molar-refractivity contribution is 0.0465. The molecule has 0 aliphatic carbocycles. The Balaban J connectivity index is 1.94. The predicted octanol–water partition coefficient (Wildman–Crippen LogP) is 2.08. The number of esters is 1. The van der Waals surface area contributed by atoms with Crippen molar-refractivity contribution in [1.29, 1.82) is 0 Å². The quantitative estimate of drug-likeness (QED) is 0.799. The smallest absolute Gasteiger partial charge is 0.359 e. The third-order valence-electron chi connectivity index (χ3n) is 2.13. The van der Waals surface area contributed by atoms with Crippen LogP contribution >= 0.6 is 0 Å². The molecule has 0 aliphatic rings. The number of carbonyl (C=O) groups is 1. The molecule has 2 aromatic rings. The number of nitrogens with one attached hydrogen (secondary N) is 1. The molecule has 0 bridgehead atoms. The topological polar surface area (TPSA) is 55.0 Å². The molecule has 0 amide bonds. The van der Waals surface area contributed by atoms with Crippen LogP contribution in [0.1, 0.15) is 21.7 Å². The number of H-pyrrole nitrogens is 1. The molecule has 4 heteroatoms. The van der Waals surface area contributed by atoms with Crippen molar-refractivity contribution in [2.24, 2.45) is 0 Å². The molecule has 1 aromatic carbocycles. The first kappa shape index (κ1) is 10.4. The van der Waals surface area contributed by atoms with Crippen LogP contribution < -0.4 is 0 Å². The third-order valence-corrected chi connectivity index (χ3v) is 2.13. The SMILES string of the molecule is Cc1cc(C(=O)OCc2ccccc2)n[nH]1. The van der Waals surface area contributed by atoms with E-state index in [9.17, 15) is 4.79 Å². The number of rotatable bonds is 3. The summed E-state index contributed by atoms with van der Waals surface area (Å²) in [6.07, 6.45) is 0. The molecule has 0 aliphatic heterocycles. The van der Waals surface area contributed by atoms with E-state index in [4.69, 9.17) is 4.74 Å². The van der Waals surface area contributed by atoms with Crippen molar-refractivity contribution < 1.29 is 9.53 Å². The third kappa shape index (κ3) is 2.48. The maximum Gasteiger partial charge on any atom is 0.359 e. The largest absolute Gasteiger partial charge is 0.456 e. The number of nitrogens with zero attached hydrogens (tertiary/aromatic N) is 1. The molecule has 16 heavy (non-hydrogen) atoms. The lowest BCUT2D eigenvalue weighted by atomic mass is 10.2. The standard InChI is InChI=1S/C12H12N2O2/c1-9-7-11(14-13-9)12(15)16-8-10-5-3-2-4-6-10/h2-7H,8H2,1H3,(H,13,14). The monoisotopic (exact) mass is 216 g/mol. The van der Waals surface area contributed by atoms with E-state index in [1.165, 1.54) is 0 Å². The van der Waals surface area contributed by atoms with Crippen molar-refractivity contribution in [3.63, 3.8) is 0 Å². The summed E-state index contributed by atoms with van der Waals surface area (Å²) in [5.74, 6) is -0.409. The van der Waals surface area contributed by atoms with Gasteiger partial charge < -0.3 is 4.74 Å². The molecule has 1 N–H and O–H groups in total. The summed E-state index contributed by atoms with van der Waals surface area (Å²) >= 11 is 0. The Morgan fingerprint density at radius 1 is 1.38 bits per heavy atom. The highest BCUT2D eigenvalue weighted by atomic mass is 16.5. The average molecular weight is 216 g/mol. The van der Waals surface area contributed by atoms with Crippen LogP contribution in [0.5, 0.6) is 0 Å². The van der Waals surface area contributed by atoms with Gasteiger partial charge in [0.15, 0.2) is 5.69 Å². The van der Waals surface area contributed by atoms with Crippen molar-refractivity contribution in [2.45, 2.75) is 13.5 Å². The molecule has 2 rings (SSSR count). The van der Waals surface area contributed by atoms with E-state index in [1.807, 2.05) is 37.3 Å². The van der Waals surface area contributed by atoms with Crippen molar-refractivity contribution >= 4 is 5.97 Å². The summed E-state index contributed by atoms with van der Waals surface area (Å²) < 4.78 is 5.11. The number of aromatic nitrogens is 2. The zero-order valence-corrected chi connectivity index (χ0v) is 8.93. The van der Waals surface area contributed by atoms with Crippen LogP contribution in [0, 0.1) is 6.92 Å². The average Bonchev–Trinajstić information content (AvgIpc) is 2.74. The van der Waals surface area contributed by atoms with Crippen LogP contribution in [0.2, 0.25) is 0 Å². The molecule has 0 unspecified atom stereocenters. The molecule has 0 spiro atoms. The number of aromatic amines is 1. The van der Waals surface area contributed by atoms with E-state index in [-0.39, 0.29) is 6.61 Å². The van der Waals surface area contributed by atoms with E-state index in [1.54, 1.807) is 6.07 Å². The first-order chi connectivity index (χ1) is 7.75. The molecular weight excluding hydrogens is 204 g/mol. The molecule has 0 atom stereocenters. The van der Waals surface area contributed by atoms with E-state index < -0.39 is 5.97 Å². The van der Waals surface area contributed by atoms with Crippen LogP contribution in [0.25, 0.3) is 0 Å². The summed E-state index contributed by atoms with van der Waals surface area (Å²) in [7, 11) is 0. The van der Waals surface area contributed by atoms with E-state index in [0.29, 0.717) is 5.69 Å². The van der Waals surface area contributed by atoms with Gasteiger partial charge in [-0.05, 0) is 18.6 Å². The maximum absolute atomic E-state index is 11.5. The lowest BCUT2D eigenvalue weighted by Gasteiger charge is -2.02. The zero-order valence-electron chi connectivity index (χ0n) is 8.93. The van der Waals surface area contributed by atoms with Crippen LogP contribution in [0.4, 0.5) is 0 Å². The normalized spacial score (nSPS) is 10.1. The van der Waals surface area contributed by atoms with Gasteiger partial charge in [-0.1, -0.05) is 30.3 Å². The van der Waals surface area contributed by atoms with Crippen LogP contribution in [-0.2, 0) is 11.3 Å². The second-order valence-corrected chi connectivity index (χ2v) is 3.50. The number of benzene rings is 1. The second-order valence-electron chi connectivity index (χ2n) is 3.50. The van der Waals surface area contributed by atoms with Crippen LogP contribution in [0.3, 0.4) is 0 Å². The Labute approximate surface area is 93.3 Å². The van der Waals surface area contributed by atoms with Gasteiger partial charge in [0.1, 0.15) is 6.61 Å². The fraction of sp³-hybridized carbons (Fsp3) is 0.167. The maximum atomic E-state index is 11.5. The van der Waals surface area contributed by atoms with Gasteiger partial charge in [-0.3, -0.25) is 5.10 Å². The van der Waals surface area contributed by atoms with E-state index in [2.05, 4.69) is 10.2 Å². The number of hydrogen-bond acceptors (Lipinski definition) is 3. The van der Waals surface area contributed by atoms with Crippen LogP contribution in [0.15, 0.2) is 36.4 Å². The highest BCUT2D eigenvalue weighted by Crippen LogP contribution is 2.05. The van der Waals surface area contributed by atoms with Crippen molar-refractivity contribution in [3.8, 4) is 0 Å². The Hall–Kier alpha value is -2.10. The van der Waals surface area contributed by atoms with Gasteiger partial charge in [0.25, 0.3) is 0 Å². The molecule has 82 valence electrons. The Morgan fingerprint density at radius 2 is 2.12 bits per heavy atom. The molecule has 0 saturated heterocycles. The first-order valence-electron chi connectivity index (χ1n) is 4.99. The molecule has 0 saturated carbocycles. The summed E-state index contributed by atoms with van der Waals surface area (Å²) in [5, 5.41) is 6.53. The summed E-state index contributed by atoms with van der Waals surface area (Å²) in [4.78, 5) is 11.5. The van der Waals surface area contributed by atoms with Gasteiger partial charge >= 0.3 is 5.97 Å². The van der Waals surface area contributed by atoms with Crippen molar-refractivity contribution in [3.05, 3.63) is 53.3 Å². The lowest BCUT2D eigenvalue weighted by Crippen LogP contribution is -2.05. The minimum Gasteiger partial charge on any atom is -0.456 e. The van der Waals surface area contributed by atoms with Gasteiger partial charge in [0.2, 0.25) is 0 Å². The molecule has 0 radical (unpaired) electrons. The minimum absolute atomic E-state index is 0.269. The van der Waals surface area contributed by atoms with E-state index in [0.717, 1.165) is 11.3 Å². The zero-order chi connectivity index (χ0) is 11.4. The molecule has 1 aromatic heterocycles. The predicted molar refractivity (Wildman–Crippen MR) is 58.9 cm³/mol. The molecule has 1 heterocycles. The summed E-state index contributed by atoms with van der Waals surface area (Å²) in [6, 6.07) is 11.2. The highest BCUT2D eigenvalue weighted by molar-refractivity contribution is 5.87. The molecule has 0 fully saturated rings. The first-order valence-corrected chi connectivity index (χ1v) is 4.99. The number of carbonyl (C=O) groups excluding carboxylic acids is 1. The van der Waals surface area contributed by atoms with Crippen molar-refractivity contribution in [1.82, 2.24) is 10.2 Å². The van der Waals surface area contributed by atoms with Gasteiger partial charge in [0, 0.05) is 5.69 Å². The highest BCUT2D eigenvalue weighted by Gasteiger charge is 2.10. The van der Waals surface area contributed by atoms with E-state index >= 15 is 0 Å². The second kappa shape index (κ2) is 4.61. The minimum atomic E-state index is -0.409. The van der Waals surface area contributed by atoms with Gasteiger partial charge in [-0.15, -0.1) is 0 Å². The Morgan fingerprint density at radius 3 is 2.75 bits per heavy atom. The van der Waals surface area contributed by atoms with Crippen LogP contribution in [-0.4, -0.2) is 16.2 Å². The number of aryl methyl sites for hydroxylation is 1. The number of hydrogen-bond donors (Lipinski definition) is 1. The summed E-state index contributed by atoms with van der Waals surface area (Å²) in [5.41, 5.74) is 2.11. The Kier molecular flexibility index (Phi) is 3.00. The van der Waals surface area contributed by atoms with Crippen molar-refractivity contribution in [2.75, 3.05) is 0 Å². The number of ether oxygens (including phenoxy) is 1. The fourth-order valence-electron chi connectivity index (χ4n) is 1.32. The Bertz CT molecular complexity index is 477. The molecule has 4 nitrogen and oxygen atoms in total. The summed E-state index contributed by atoms with van der Waals surface area (Å²) in [6.45, 7) is 2.10. The molecular formula is C12H12N2O2. The van der Waals surface area contributed by atoms with Gasteiger partial charge in [-0.25, -0.2) is 4.79 Å².